The lowest BCUT2D eigenvalue weighted by Gasteiger charge is -2.14. The minimum absolute atomic E-state index is 1.01. The first-order chi connectivity index (χ1) is 6.85. The summed E-state index contributed by atoms with van der Waals surface area (Å²) in [5, 5.41) is 0. The van der Waals surface area contributed by atoms with Crippen molar-refractivity contribution < 1.29 is 0 Å². The molecule has 0 aromatic heterocycles. The van der Waals surface area contributed by atoms with E-state index in [0.29, 0.717) is 0 Å². The van der Waals surface area contributed by atoms with Crippen molar-refractivity contribution in [1.82, 2.24) is 0 Å². The first-order valence-corrected chi connectivity index (χ1v) is 7.36. The highest BCUT2D eigenvalue weighted by Crippen LogP contribution is 2.20. The summed E-state index contributed by atoms with van der Waals surface area (Å²) in [6.07, 6.45) is 14.2. The molecular weight excluding hydrogens is 187 g/mol. The predicted octanol–water partition coefficient (Wildman–Crippen LogP) is 5.03. The molecule has 0 N–H and O–H groups in total. The van der Waals surface area contributed by atoms with Crippen LogP contribution in [0.25, 0.3) is 0 Å². The molecule has 0 saturated heterocycles. The Labute approximate surface area is 93.4 Å². The molecule has 0 heterocycles. The Bertz CT molecular complexity index is 95.4. The minimum Gasteiger partial charge on any atom is -0.138 e. The van der Waals surface area contributed by atoms with Crippen molar-refractivity contribution in [3.63, 3.8) is 0 Å². The van der Waals surface area contributed by atoms with Gasteiger partial charge >= 0.3 is 0 Å². The van der Waals surface area contributed by atoms with Crippen LogP contribution in [0.1, 0.15) is 71.6 Å². The third-order valence-corrected chi connectivity index (χ3v) is 3.32. The van der Waals surface area contributed by atoms with E-state index in [1.54, 1.807) is 0 Å². The SMILES string of the molecule is CCCCCCCC(CCC)CCP. The minimum atomic E-state index is 1.01. The van der Waals surface area contributed by atoms with Crippen LogP contribution in [0.3, 0.4) is 0 Å². The van der Waals surface area contributed by atoms with E-state index in [-0.39, 0.29) is 0 Å². The molecule has 14 heavy (non-hydrogen) atoms. The maximum Gasteiger partial charge on any atom is -0.0378 e. The van der Waals surface area contributed by atoms with E-state index >= 15 is 0 Å². The number of unbranched alkanes of at least 4 members (excludes halogenated alkanes) is 4. The first-order valence-electron chi connectivity index (χ1n) is 6.55. The standard InChI is InChI=1S/C13H29P/c1-3-5-6-7-8-10-13(9-4-2)11-12-14/h13H,3-12,14H2,1-2H3. The van der Waals surface area contributed by atoms with Crippen LogP contribution in [0.5, 0.6) is 0 Å². The Morgan fingerprint density at radius 3 is 2.07 bits per heavy atom. The second-order valence-electron chi connectivity index (χ2n) is 4.43. The van der Waals surface area contributed by atoms with Crippen LogP contribution in [0.15, 0.2) is 0 Å². The van der Waals surface area contributed by atoms with Gasteiger partial charge in [0.15, 0.2) is 0 Å². The monoisotopic (exact) mass is 216 g/mol. The second-order valence-corrected chi connectivity index (χ2v) is 5.01. The molecule has 86 valence electrons. The topological polar surface area (TPSA) is 0 Å². The third-order valence-electron chi connectivity index (χ3n) is 2.99. The van der Waals surface area contributed by atoms with Crippen LogP contribution in [-0.2, 0) is 0 Å². The molecule has 0 spiro atoms. The van der Waals surface area contributed by atoms with Crippen LogP contribution in [0, 0.1) is 5.92 Å². The summed E-state index contributed by atoms with van der Waals surface area (Å²) >= 11 is 0. The van der Waals surface area contributed by atoms with Crippen molar-refractivity contribution in [2.24, 2.45) is 5.92 Å². The highest BCUT2D eigenvalue weighted by molar-refractivity contribution is 7.16. The molecule has 0 fully saturated rings. The zero-order valence-corrected chi connectivity index (χ0v) is 11.4. The Balaban J connectivity index is 3.30. The van der Waals surface area contributed by atoms with Gasteiger partial charge in [-0.3, -0.25) is 0 Å². The molecule has 0 saturated carbocycles. The van der Waals surface area contributed by atoms with Crippen molar-refractivity contribution in [2.45, 2.75) is 71.6 Å². The van der Waals surface area contributed by atoms with Crippen molar-refractivity contribution >= 4 is 9.24 Å². The van der Waals surface area contributed by atoms with Gasteiger partial charge in [0.1, 0.15) is 0 Å². The Hall–Kier alpha value is 0.430. The van der Waals surface area contributed by atoms with Crippen LogP contribution in [0.2, 0.25) is 0 Å². The van der Waals surface area contributed by atoms with Crippen molar-refractivity contribution in [2.75, 3.05) is 6.16 Å². The molecule has 0 amide bonds. The Morgan fingerprint density at radius 2 is 1.50 bits per heavy atom. The van der Waals surface area contributed by atoms with E-state index in [1.165, 1.54) is 63.9 Å². The van der Waals surface area contributed by atoms with Crippen LogP contribution < -0.4 is 0 Å². The van der Waals surface area contributed by atoms with Gasteiger partial charge in [0.05, 0.1) is 0 Å². The van der Waals surface area contributed by atoms with Gasteiger partial charge in [0, 0.05) is 0 Å². The maximum absolute atomic E-state index is 2.87. The van der Waals surface area contributed by atoms with Gasteiger partial charge < -0.3 is 0 Å². The van der Waals surface area contributed by atoms with E-state index < -0.39 is 0 Å². The molecule has 2 unspecified atom stereocenters. The predicted molar refractivity (Wildman–Crippen MR) is 71.0 cm³/mol. The summed E-state index contributed by atoms with van der Waals surface area (Å²) in [4.78, 5) is 0. The van der Waals surface area contributed by atoms with Crippen LogP contribution in [0.4, 0.5) is 0 Å². The molecule has 0 nitrogen and oxygen atoms in total. The van der Waals surface area contributed by atoms with E-state index in [1.807, 2.05) is 0 Å². The van der Waals surface area contributed by atoms with Gasteiger partial charge in [-0.2, -0.15) is 0 Å². The number of hydrogen-bond acceptors (Lipinski definition) is 0. The van der Waals surface area contributed by atoms with Crippen molar-refractivity contribution in [1.29, 1.82) is 0 Å². The van der Waals surface area contributed by atoms with Gasteiger partial charge in [-0.25, -0.2) is 0 Å². The van der Waals surface area contributed by atoms with Crippen molar-refractivity contribution in [3.8, 4) is 0 Å². The average Bonchev–Trinajstić information content (AvgIpc) is 2.18. The third kappa shape index (κ3) is 9.00. The normalized spacial score (nSPS) is 13.1. The molecule has 2 atom stereocenters. The van der Waals surface area contributed by atoms with Gasteiger partial charge in [-0.15, -0.1) is 9.24 Å². The van der Waals surface area contributed by atoms with Crippen LogP contribution in [-0.4, -0.2) is 6.16 Å². The molecule has 0 aliphatic heterocycles. The molecule has 0 bridgehead atoms. The van der Waals surface area contributed by atoms with Crippen molar-refractivity contribution in [3.05, 3.63) is 0 Å². The highest BCUT2D eigenvalue weighted by atomic mass is 31.0. The summed E-state index contributed by atoms with van der Waals surface area (Å²) in [6.45, 7) is 4.60. The molecular formula is C13H29P. The Kier molecular flexibility index (Phi) is 11.9. The smallest absolute Gasteiger partial charge is 0.0378 e. The fourth-order valence-corrected chi connectivity index (χ4v) is 2.58. The summed E-state index contributed by atoms with van der Waals surface area (Å²) in [5.41, 5.74) is 0. The lowest BCUT2D eigenvalue weighted by Crippen LogP contribution is -2.00. The largest absolute Gasteiger partial charge is 0.138 e. The number of hydrogen-bond donors (Lipinski definition) is 0. The highest BCUT2D eigenvalue weighted by Gasteiger charge is 2.05. The molecule has 0 aliphatic carbocycles. The maximum atomic E-state index is 2.87. The fourth-order valence-electron chi connectivity index (χ4n) is 2.11. The van der Waals surface area contributed by atoms with Gasteiger partial charge in [0.25, 0.3) is 0 Å². The molecule has 0 aliphatic rings. The van der Waals surface area contributed by atoms with E-state index in [4.69, 9.17) is 0 Å². The summed E-state index contributed by atoms with van der Waals surface area (Å²) < 4.78 is 0. The quantitative estimate of drug-likeness (QED) is 0.355. The molecule has 0 radical (unpaired) electrons. The van der Waals surface area contributed by atoms with E-state index in [2.05, 4.69) is 23.1 Å². The van der Waals surface area contributed by atoms with Gasteiger partial charge in [0.2, 0.25) is 0 Å². The summed E-state index contributed by atoms with van der Waals surface area (Å²) in [5.74, 6) is 1.01. The fraction of sp³-hybridized carbons (Fsp3) is 1.00. The molecule has 1 heteroatoms. The van der Waals surface area contributed by atoms with Gasteiger partial charge in [-0.05, 0) is 18.5 Å². The summed E-state index contributed by atoms with van der Waals surface area (Å²) in [6, 6.07) is 0. The summed E-state index contributed by atoms with van der Waals surface area (Å²) in [7, 11) is 2.87. The first kappa shape index (κ1) is 14.4. The lowest BCUT2D eigenvalue weighted by molar-refractivity contribution is 0.411. The Morgan fingerprint density at radius 1 is 0.786 bits per heavy atom. The van der Waals surface area contributed by atoms with Crippen LogP contribution >= 0.6 is 9.24 Å². The van der Waals surface area contributed by atoms with E-state index in [9.17, 15) is 0 Å². The van der Waals surface area contributed by atoms with Gasteiger partial charge in [-0.1, -0.05) is 65.2 Å². The second kappa shape index (κ2) is 11.5. The zero-order chi connectivity index (χ0) is 10.6. The molecule has 0 rings (SSSR count). The zero-order valence-electron chi connectivity index (χ0n) is 10.2. The van der Waals surface area contributed by atoms with E-state index in [0.717, 1.165) is 5.92 Å². The molecule has 0 aromatic rings. The average molecular weight is 216 g/mol. The number of rotatable bonds is 10. The molecule has 0 aromatic carbocycles. The lowest BCUT2D eigenvalue weighted by atomic mass is 9.94.